The Morgan fingerprint density at radius 1 is 0.789 bits per heavy atom. The van der Waals surface area contributed by atoms with E-state index in [9.17, 15) is 22.1 Å². The average molecular weight is 546 g/mol. The van der Waals surface area contributed by atoms with E-state index in [0.717, 1.165) is 19.7 Å². The molecule has 3 aromatic carbocycles. The highest BCUT2D eigenvalue weighted by atomic mass is 32.2. The molecule has 3 aromatic rings. The van der Waals surface area contributed by atoms with Crippen LogP contribution in [-0.4, -0.2) is 40.8 Å². The number of sulfonamides is 2. The van der Waals surface area contributed by atoms with E-state index < -0.39 is 20.0 Å². The molecule has 0 saturated heterocycles. The molecule has 0 aliphatic heterocycles. The summed E-state index contributed by atoms with van der Waals surface area (Å²) in [4.78, 5) is 0.172. The fraction of sp³-hybridized carbons (Fsp3) is 0.172. The Balaban J connectivity index is 1.96. The number of aryl methyl sites for hydroxylation is 2. The number of rotatable bonds is 9. The molecule has 0 aromatic heterocycles. The molecule has 0 radical (unpaired) electrons. The van der Waals surface area contributed by atoms with Crippen molar-refractivity contribution in [2.24, 2.45) is 0 Å². The lowest BCUT2D eigenvalue weighted by atomic mass is 10.2. The topological polar surface area (TPSA) is 98.5 Å². The Hall–Kier alpha value is -4.11. The largest absolute Gasteiger partial charge is 0.265 e. The highest BCUT2D eigenvalue weighted by molar-refractivity contribution is 7.92. The Labute approximate surface area is 225 Å². The maximum absolute atomic E-state index is 13.6. The van der Waals surface area contributed by atoms with E-state index in [1.807, 2.05) is 19.9 Å². The van der Waals surface area contributed by atoms with E-state index in [2.05, 4.69) is 24.2 Å². The summed E-state index contributed by atoms with van der Waals surface area (Å²) in [5.41, 5.74) is 4.75. The van der Waals surface area contributed by atoms with Gasteiger partial charge in [0.05, 0.1) is 34.1 Å². The number of anilines is 1. The van der Waals surface area contributed by atoms with Crippen LogP contribution in [0.1, 0.15) is 16.7 Å². The van der Waals surface area contributed by atoms with Gasteiger partial charge < -0.3 is 0 Å². The van der Waals surface area contributed by atoms with Gasteiger partial charge in [-0.2, -0.15) is 9.57 Å². The van der Waals surface area contributed by atoms with Crippen molar-refractivity contribution < 1.29 is 16.8 Å². The summed E-state index contributed by atoms with van der Waals surface area (Å²) in [5, 5.41) is 9.59. The van der Waals surface area contributed by atoms with Crippen molar-refractivity contribution in [2.45, 2.75) is 23.6 Å². The van der Waals surface area contributed by atoms with Crippen molar-refractivity contribution in [3.8, 4) is 17.9 Å². The normalized spacial score (nSPS) is 11.1. The zero-order valence-electron chi connectivity index (χ0n) is 21.1. The molecule has 7 nitrogen and oxygen atoms in total. The number of hydrogen-bond donors (Lipinski definition) is 0. The second kappa shape index (κ2) is 12.4. The summed E-state index contributed by atoms with van der Waals surface area (Å²) in [5.74, 6) is 5.59. The molecule has 0 unspecified atom stereocenters. The summed E-state index contributed by atoms with van der Waals surface area (Å²) in [6.07, 6.45) is 1.48. The highest BCUT2D eigenvalue weighted by Gasteiger charge is 2.26. The van der Waals surface area contributed by atoms with Crippen LogP contribution in [0.15, 0.2) is 101 Å². The summed E-state index contributed by atoms with van der Waals surface area (Å²) < 4.78 is 55.8. The third-order valence-corrected chi connectivity index (χ3v) is 9.20. The lowest BCUT2D eigenvalue weighted by Crippen LogP contribution is -2.33. The van der Waals surface area contributed by atoms with Gasteiger partial charge in [-0.15, -0.1) is 5.73 Å². The molecule has 0 fully saturated rings. The lowest BCUT2D eigenvalue weighted by molar-refractivity contribution is 0.478. The average Bonchev–Trinajstić information content (AvgIpc) is 2.90. The predicted octanol–water partition coefficient (Wildman–Crippen LogP) is 4.41. The Morgan fingerprint density at radius 2 is 1.32 bits per heavy atom. The maximum atomic E-state index is 13.6. The first-order chi connectivity index (χ1) is 18.1. The van der Waals surface area contributed by atoms with E-state index >= 15 is 0 Å². The van der Waals surface area contributed by atoms with Crippen molar-refractivity contribution in [3.05, 3.63) is 108 Å². The van der Waals surface area contributed by atoms with Gasteiger partial charge in [0.2, 0.25) is 10.0 Å². The van der Waals surface area contributed by atoms with Crippen LogP contribution >= 0.6 is 0 Å². The van der Waals surface area contributed by atoms with Crippen LogP contribution in [-0.2, 0) is 20.0 Å². The fourth-order valence-corrected chi connectivity index (χ4v) is 6.14. The third-order valence-electron chi connectivity index (χ3n) is 5.60. The van der Waals surface area contributed by atoms with E-state index in [-0.39, 0.29) is 40.7 Å². The van der Waals surface area contributed by atoms with Gasteiger partial charge in [-0.1, -0.05) is 65.9 Å². The zero-order valence-corrected chi connectivity index (χ0v) is 22.8. The standard InChI is InChI=1S/C29H27N3O4S2/c1-4-5-20-31(37(33,34)27-16-12-24(2)13-17-27)21-8-9-22-32(29-11-7-6-10-26(29)23-30)38(35,36)28-18-14-25(3)15-19-28/h5-7,10-19H,1,20-22H2,2-3H3. The molecule has 0 amide bonds. The van der Waals surface area contributed by atoms with Crippen molar-refractivity contribution >= 4 is 25.7 Å². The van der Waals surface area contributed by atoms with Crippen LogP contribution in [0.2, 0.25) is 0 Å². The van der Waals surface area contributed by atoms with Crippen LogP contribution in [0.4, 0.5) is 5.69 Å². The van der Waals surface area contributed by atoms with E-state index in [1.54, 1.807) is 36.4 Å². The van der Waals surface area contributed by atoms with Gasteiger partial charge >= 0.3 is 0 Å². The van der Waals surface area contributed by atoms with Gasteiger partial charge in [-0.3, -0.25) is 4.31 Å². The minimum Gasteiger partial charge on any atom is -0.253 e. The SMILES string of the molecule is C=C=CCN(CC#CCN(c1ccccc1C#N)S(=O)(=O)c1ccc(C)cc1)S(=O)(=O)c1ccc(C)cc1. The number of nitrogens with zero attached hydrogens (tertiary/aromatic N) is 3. The second-order valence-electron chi connectivity index (χ2n) is 8.33. The first-order valence-electron chi connectivity index (χ1n) is 11.6. The van der Waals surface area contributed by atoms with Gasteiger partial charge in [-0.05, 0) is 56.3 Å². The van der Waals surface area contributed by atoms with E-state index in [0.29, 0.717) is 0 Å². The molecule has 3 rings (SSSR count). The van der Waals surface area contributed by atoms with Crippen molar-refractivity contribution in [1.82, 2.24) is 4.31 Å². The first kappa shape index (κ1) is 28.5. The predicted molar refractivity (Wildman–Crippen MR) is 148 cm³/mol. The van der Waals surface area contributed by atoms with Gasteiger partial charge in [0.1, 0.15) is 6.07 Å². The fourth-order valence-electron chi connectivity index (χ4n) is 3.47. The number of hydrogen-bond acceptors (Lipinski definition) is 5. The minimum absolute atomic E-state index is 0.00294. The molecule has 0 bridgehead atoms. The van der Waals surface area contributed by atoms with Gasteiger partial charge in [0, 0.05) is 6.54 Å². The molecule has 0 aliphatic carbocycles. The molecule has 0 spiro atoms. The number of benzene rings is 3. The van der Waals surface area contributed by atoms with Crippen LogP contribution in [0.25, 0.3) is 0 Å². The molecular weight excluding hydrogens is 518 g/mol. The highest BCUT2D eigenvalue weighted by Crippen LogP contribution is 2.26. The van der Waals surface area contributed by atoms with Crippen LogP contribution in [0.5, 0.6) is 0 Å². The Morgan fingerprint density at radius 3 is 1.87 bits per heavy atom. The molecule has 9 heteroatoms. The van der Waals surface area contributed by atoms with Gasteiger partial charge in [-0.25, -0.2) is 16.8 Å². The zero-order chi connectivity index (χ0) is 27.8. The molecular formula is C29H27N3O4S2. The first-order valence-corrected chi connectivity index (χ1v) is 14.4. The van der Waals surface area contributed by atoms with Crippen LogP contribution in [0, 0.1) is 37.0 Å². The summed E-state index contributed by atoms with van der Waals surface area (Å²) in [7, 11) is -7.94. The number of nitriles is 1. The summed E-state index contributed by atoms with van der Waals surface area (Å²) in [6, 6.07) is 21.2. The van der Waals surface area contributed by atoms with E-state index in [1.165, 1.54) is 42.5 Å². The summed E-state index contributed by atoms with van der Waals surface area (Å²) in [6.45, 7) is 6.73. The Kier molecular flexibility index (Phi) is 9.30. The minimum atomic E-state index is -4.07. The smallest absolute Gasteiger partial charge is 0.253 e. The summed E-state index contributed by atoms with van der Waals surface area (Å²) >= 11 is 0. The molecule has 194 valence electrons. The van der Waals surface area contributed by atoms with Gasteiger partial charge in [0.15, 0.2) is 0 Å². The molecule has 0 saturated carbocycles. The molecule has 38 heavy (non-hydrogen) atoms. The van der Waals surface area contributed by atoms with Crippen molar-refractivity contribution in [2.75, 3.05) is 23.9 Å². The molecule has 0 aliphatic rings. The molecule has 0 heterocycles. The van der Waals surface area contributed by atoms with Crippen LogP contribution < -0.4 is 4.31 Å². The van der Waals surface area contributed by atoms with Crippen molar-refractivity contribution in [3.63, 3.8) is 0 Å². The van der Waals surface area contributed by atoms with Crippen LogP contribution in [0.3, 0.4) is 0 Å². The molecule has 0 N–H and O–H groups in total. The van der Waals surface area contributed by atoms with E-state index in [4.69, 9.17) is 0 Å². The number of para-hydroxylation sites is 1. The van der Waals surface area contributed by atoms with Crippen molar-refractivity contribution in [1.29, 1.82) is 5.26 Å². The quantitative estimate of drug-likeness (QED) is 0.293. The molecule has 0 atom stereocenters. The maximum Gasteiger partial charge on any atom is 0.265 e. The second-order valence-corrected chi connectivity index (χ2v) is 12.1. The monoisotopic (exact) mass is 545 g/mol. The third kappa shape index (κ3) is 6.60. The van der Waals surface area contributed by atoms with Gasteiger partial charge in [0.25, 0.3) is 10.0 Å². The Bertz CT molecular complexity index is 1650. The lowest BCUT2D eigenvalue weighted by Gasteiger charge is -2.23.